The summed E-state index contributed by atoms with van der Waals surface area (Å²) in [5.74, 6) is 0. The van der Waals surface area contributed by atoms with Gasteiger partial charge in [-0.05, 0) is 28.5 Å². The maximum atomic E-state index is 12.8. The maximum Gasteiger partial charge on any atom is 0.242 e. The largest absolute Gasteiger partial charge is 0.389 e. The van der Waals surface area contributed by atoms with Crippen LogP contribution in [0.2, 0.25) is 0 Å². The third kappa shape index (κ3) is 4.93. The molecule has 0 bridgehead atoms. The Morgan fingerprint density at radius 2 is 1.63 bits per heavy atom. The summed E-state index contributed by atoms with van der Waals surface area (Å²) in [7, 11) is -2.22. The Kier molecular flexibility index (Phi) is 6.23. The van der Waals surface area contributed by atoms with Gasteiger partial charge in [-0.2, -0.15) is 4.31 Å². The molecule has 0 aliphatic rings. The van der Waals surface area contributed by atoms with Crippen LogP contribution in [0.25, 0.3) is 10.8 Å². The Morgan fingerprint density at radius 1 is 0.963 bits per heavy atom. The average molecular weight is 385 g/mol. The van der Waals surface area contributed by atoms with Gasteiger partial charge in [-0.15, -0.1) is 0 Å². The van der Waals surface area contributed by atoms with Gasteiger partial charge in [0, 0.05) is 13.6 Å². The lowest BCUT2D eigenvalue weighted by Crippen LogP contribution is -2.36. The first-order valence-corrected chi connectivity index (χ1v) is 10.2. The van der Waals surface area contributed by atoms with E-state index in [1.807, 2.05) is 54.6 Å². The highest BCUT2D eigenvalue weighted by atomic mass is 32.2. The second-order valence-corrected chi connectivity index (χ2v) is 8.49. The van der Waals surface area contributed by atoms with E-state index in [0.29, 0.717) is 6.61 Å². The minimum absolute atomic E-state index is 0.0377. The first-order chi connectivity index (χ1) is 13.0. The summed E-state index contributed by atoms with van der Waals surface area (Å²) in [5.41, 5.74) is 1.00. The Labute approximate surface area is 159 Å². The third-order valence-corrected chi connectivity index (χ3v) is 6.14. The fraction of sp³-hybridized carbons (Fsp3) is 0.238. The molecular weight excluding hydrogens is 362 g/mol. The zero-order chi connectivity index (χ0) is 19.3. The number of hydrogen-bond acceptors (Lipinski definition) is 4. The van der Waals surface area contributed by atoms with Crippen molar-refractivity contribution in [2.24, 2.45) is 0 Å². The summed E-state index contributed by atoms with van der Waals surface area (Å²) in [6.45, 7) is 0.398. The van der Waals surface area contributed by atoms with Gasteiger partial charge in [0.25, 0.3) is 0 Å². The number of fused-ring (bicyclic) bond motifs is 1. The van der Waals surface area contributed by atoms with Gasteiger partial charge in [-0.25, -0.2) is 8.42 Å². The van der Waals surface area contributed by atoms with Gasteiger partial charge in [0.1, 0.15) is 0 Å². The maximum absolute atomic E-state index is 12.8. The van der Waals surface area contributed by atoms with Crippen LogP contribution >= 0.6 is 0 Å². The molecule has 3 rings (SSSR count). The minimum atomic E-state index is -3.68. The molecule has 6 heteroatoms. The average Bonchev–Trinajstić information content (AvgIpc) is 2.68. The molecule has 1 atom stereocenters. The Morgan fingerprint density at radius 3 is 2.37 bits per heavy atom. The van der Waals surface area contributed by atoms with Gasteiger partial charge in [0.15, 0.2) is 0 Å². The number of hydrogen-bond donors (Lipinski definition) is 1. The van der Waals surface area contributed by atoms with Gasteiger partial charge in [-0.1, -0.05) is 60.7 Å². The van der Waals surface area contributed by atoms with Gasteiger partial charge in [-0.3, -0.25) is 0 Å². The van der Waals surface area contributed by atoms with Crippen LogP contribution < -0.4 is 0 Å². The van der Waals surface area contributed by atoms with Crippen LogP contribution in [0.15, 0.2) is 77.7 Å². The molecule has 0 spiro atoms. The summed E-state index contributed by atoms with van der Waals surface area (Å²) >= 11 is 0. The fourth-order valence-electron chi connectivity index (χ4n) is 2.84. The molecule has 1 N–H and O–H groups in total. The van der Waals surface area contributed by atoms with Crippen molar-refractivity contribution in [3.8, 4) is 0 Å². The monoisotopic (exact) mass is 385 g/mol. The van der Waals surface area contributed by atoms with E-state index in [4.69, 9.17) is 4.74 Å². The molecule has 3 aromatic carbocycles. The van der Waals surface area contributed by atoms with E-state index in [-0.39, 0.29) is 18.0 Å². The fourth-order valence-corrected chi connectivity index (χ4v) is 4.09. The first kappa shape index (κ1) is 19.5. The van der Waals surface area contributed by atoms with E-state index >= 15 is 0 Å². The molecule has 0 fully saturated rings. The molecule has 0 saturated carbocycles. The molecule has 0 saturated heterocycles. The lowest BCUT2D eigenvalue weighted by Gasteiger charge is -2.21. The number of ether oxygens (including phenoxy) is 1. The molecule has 0 heterocycles. The zero-order valence-electron chi connectivity index (χ0n) is 15.2. The number of nitrogens with zero attached hydrogens (tertiary/aromatic N) is 1. The van der Waals surface area contributed by atoms with Crippen LogP contribution in [0.4, 0.5) is 0 Å². The number of aliphatic hydroxyl groups is 1. The van der Waals surface area contributed by atoms with Crippen molar-refractivity contribution < 1.29 is 18.3 Å². The SMILES string of the molecule is CN(CC(O)COCc1ccccc1)S(=O)(=O)c1ccc2ccccc2c1. The second kappa shape index (κ2) is 8.63. The molecule has 3 aromatic rings. The highest BCUT2D eigenvalue weighted by Gasteiger charge is 2.23. The molecule has 0 amide bonds. The van der Waals surface area contributed by atoms with Crippen LogP contribution in [-0.2, 0) is 21.4 Å². The Hall–Kier alpha value is -2.25. The number of likely N-dealkylation sites (N-methyl/N-ethyl adjacent to an activating group) is 1. The van der Waals surface area contributed by atoms with Crippen molar-refractivity contribution in [3.63, 3.8) is 0 Å². The van der Waals surface area contributed by atoms with E-state index < -0.39 is 16.1 Å². The molecule has 0 aliphatic heterocycles. The van der Waals surface area contributed by atoms with Crippen LogP contribution in [-0.4, -0.2) is 44.1 Å². The van der Waals surface area contributed by atoms with Gasteiger partial charge >= 0.3 is 0 Å². The smallest absolute Gasteiger partial charge is 0.242 e. The second-order valence-electron chi connectivity index (χ2n) is 6.45. The molecule has 0 radical (unpaired) electrons. The lowest BCUT2D eigenvalue weighted by molar-refractivity contribution is 0.0222. The van der Waals surface area contributed by atoms with Crippen molar-refractivity contribution in [1.82, 2.24) is 4.31 Å². The predicted octanol–water partition coefficient (Wildman–Crippen LogP) is 3.04. The van der Waals surface area contributed by atoms with Gasteiger partial charge in [0.05, 0.1) is 24.2 Å². The quantitative estimate of drug-likeness (QED) is 0.647. The topological polar surface area (TPSA) is 66.8 Å². The van der Waals surface area contributed by atoms with Crippen molar-refractivity contribution in [1.29, 1.82) is 0 Å². The predicted molar refractivity (Wildman–Crippen MR) is 106 cm³/mol. The minimum Gasteiger partial charge on any atom is -0.389 e. The first-order valence-electron chi connectivity index (χ1n) is 8.72. The van der Waals surface area contributed by atoms with E-state index in [0.717, 1.165) is 20.6 Å². The molecule has 0 aromatic heterocycles. The summed E-state index contributed by atoms with van der Waals surface area (Å²) in [6.07, 6.45) is -0.908. The molecular formula is C21H23NO4S. The van der Waals surface area contributed by atoms with Crippen LogP contribution in [0, 0.1) is 0 Å². The van der Waals surface area contributed by atoms with E-state index in [1.54, 1.807) is 18.2 Å². The number of rotatable bonds is 8. The molecule has 142 valence electrons. The number of benzene rings is 3. The standard InChI is InChI=1S/C21H23NO4S/c1-22(14-20(23)16-26-15-17-7-3-2-4-8-17)27(24,25)21-12-11-18-9-5-6-10-19(18)13-21/h2-13,20,23H,14-16H2,1H3. The van der Waals surface area contributed by atoms with Crippen LogP contribution in [0.5, 0.6) is 0 Å². The lowest BCUT2D eigenvalue weighted by atomic mass is 10.1. The van der Waals surface area contributed by atoms with Crippen molar-refractivity contribution in [2.75, 3.05) is 20.2 Å². The van der Waals surface area contributed by atoms with E-state index in [1.165, 1.54) is 7.05 Å². The summed E-state index contributed by atoms with van der Waals surface area (Å²) < 4.78 is 32.2. The molecule has 27 heavy (non-hydrogen) atoms. The molecule has 1 unspecified atom stereocenters. The molecule has 5 nitrogen and oxygen atoms in total. The highest BCUT2D eigenvalue weighted by Crippen LogP contribution is 2.21. The Balaban J connectivity index is 1.60. The Bertz CT molecular complexity index is 989. The van der Waals surface area contributed by atoms with Gasteiger partial charge in [0.2, 0.25) is 10.0 Å². The number of sulfonamides is 1. The zero-order valence-corrected chi connectivity index (χ0v) is 16.0. The van der Waals surface area contributed by atoms with Crippen molar-refractivity contribution >= 4 is 20.8 Å². The number of aliphatic hydroxyl groups excluding tert-OH is 1. The third-order valence-electron chi connectivity index (χ3n) is 4.32. The summed E-state index contributed by atoms with van der Waals surface area (Å²) in [6, 6.07) is 22.2. The van der Waals surface area contributed by atoms with Crippen molar-refractivity contribution in [2.45, 2.75) is 17.6 Å². The van der Waals surface area contributed by atoms with E-state index in [9.17, 15) is 13.5 Å². The summed E-state index contributed by atoms with van der Waals surface area (Å²) in [4.78, 5) is 0.209. The summed E-state index contributed by atoms with van der Waals surface area (Å²) in [5, 5.41) is 12.0. The normalized spacial score (nSPS) is 13.1. The van der Waals surface area contributed by atoms with Crippen LogP contribution in [0.3, 0.4) is 0 Å². The van der Waals surface area contributed by atoms with Crippen molar-refractivity contribution in [3.05, 3.63) is 78.4 Å². The van der Waals surface area contributed by atoms with E-state index in [2.05, 4.69) is 0 Å². The highest BCUT2D eigenvalue weighted by molar-refractivity contribution is 7.89. The molecule has 0 aliphatic carbocycles. The van der Waals surface area contributed by atoms with Gasteiger partial charge < -0.3 is 9.84 Å². The van der Waals surface area contributed by atoms with Crippen LogP contribution in [0.1, 0.15) is 5.56 Å².